The van der Waals surface area contributed by atoms with Gasteiger partial charge in [0.25, 0.3) is 0 Å². The van der Waals surface area contributed by atoms with E-state index in [9.17, 15) is 0 Å². The van der Waals surface area contributed by atoms with Crippen molar-refractivity contribution in [3.63, 3.8) is 0 Å². The van der Waals surface area contributed by atoms with E-state index in [-0.39, 0.29) is 5.54 Å². The first-order chi connectivity index (χ1) is 8.37. The third-order valence-corrected chi connectivity index (χ3v) is 2.89. The molecule has 0 amide bonds. The van der Waals surface area contributed by atoms with Crippen molar-refractivity contribution in [1.29, 1.82) is 0 Å². The molecule has 4 heteroatoms. The van der Waals surface area contributed by atoms with Gasteiger partial charge in [-0.2, -0.15) is 5.10 Å². The van der Waals surface area contributed by atoms with Crippen molar-refractivity contribution < 1.29 is 0 Å². The highest BCUT2D eigenvalue weighted by Crippen LogP contribution is 2.28. The predicted molar refractivity (Wildman–Crippen MR) is 77.1 cm³/mol. The first-order valence-corrected chi connectivity index (χ1v) is 6.34. The van der Waals surface area contributed by atoms with E-state index < -0.39 is 0 Å². The molecule has 0 atom stereocenters. The molecule has 0 aliphatic carbocycles. The largest absolute Gasteiger partial charge is 0.364 e. The van der Waals surface area contributed by atoms with Gasteiger partial charge in [0, 0.05) is 16.1 Å². The third-order valence-electron chi connectivity index (χ3n) is 2.64. The lowest BCUT2D eigenvalue weighted by molar-refractivity contribution is 0.629. The van der Waals surface area contributed by atoms with Crippen LogP contribution in [0.5, 0.6) is 0 Å². The molecule has 2 aromatic rings. The molecule has 18 heavy (non-hydrogen) atoms. The Bertz CT molecular complexity index is 535. The fourth-order valence-electron chi connectivity index (χ4n) is 1.77. The van der Waals surface area contributed by atoms with Crippen molar-refractivity contribution in [2.24, 2.45) is 0 Å². The fraction of sp³-hybridized carbons (Fsp3) is 0.357. The minimum absolute atomic E-state index is 0.00276. The minimum atomic E-state index is -0.00276. The van der Waals surface area contributed by atoms with E-state index in [0.717, 1.165) is 27.7 Å². The van der Waals surface area contributed by atoms with Gasteiger partial charge in [-0.05, 0) is 45.4 Å². The molecular formula is C14H18ClN3. The summed E-state index contributed by atoms with van der Waals surface area (Å²) in [6.45, 7) is 8.40. The van der Waals surface area contributed by atoms with E-state index >= 15 is 0 Å². The molecule has 1 aromatic carbocycles. The summed E-state index contributed by atoms with van der Waals surface area (Å²) in [7, 11) is 0. The summed E-state index contributed by atoms with van der Waals surface area (Å²) in [5, 5.41) is 11.5. The zero-order valence-corrected chi connectivity index (χ0v) is 11.9. The Labute approximate surface area is 113 Å². The van der Waals surface area contributed by atoms with Crippen molar-refractivity contribution in [1.82, 2.24) is 10.2 Å². The molecule has 0 aliphatic rings. The van der Waals surface area contributed by atoms with Crippen molar-refractivity contribution in [3.05, 3.63) is 34.9 Å². The van der Waals surface area contributed by atoms with Crippen LogP contribution in [0.15, 0.2) is 24.3 Å². The first kappa shape index (κ1) is 13.0. The quantitative estimate of drug-likeness (QED) is 0.850. The number of aromatic nitrogens is 2. The first-order valence-electron chi connectivity index (χ1n) is 5.96. The Hall–Kier alpha value is -1.48. The molecule has 0 unspecified atom stereocenters. The van der Waals surface area contributed by atoms with E-state index in [1.54, 1.807) is 0 Å². The number of aromatic amines is 1. The highest BCUT2D eigenvalue weighted by atomic mass is 35.5. The Morgan fingerprint density at radius 2 is 1.78 bits per heavy atom. The summed E-state index contributed by atoms with van der Waals surface area (Å²) in [6.07, 6.45) is 0. The highest BCUT2D eigenvalue weighted by Gasteiger charge is 2.16. The number of benzene rings is 1. The van der Waals surface area contributed by atoms with Crippen LogP contribution in [0.1, 0.15) is 26.3 Å². The summed E-state index contributed by atoms with van der Waals surface area (Å²) in [6, 6.07) is 7.75. The van der Waals surface area contributed by atoms with Crippen LogP contribution in [-0.4, -0.2) is 15.7 Å². The number of halogens is 1. The Kier molecular flexibility index (Phi) is 3.35. The summed E-state index contributed by atoms with van der Waals surface area (Å²) < 4.78 is 0. The maximum Gasteiger partial charge on any atom is 0.151 e. The standard InChI is InChI=1S/C14H18ClN3/c1-9-12(10-5-7-11(15)8-6-10)17-18-13(9)16-14(2,3)4/h5-8H,1-4H3,(H2,16,17,18). The zero-order valence-electron chi connectivity index (χ0n) is 11.1. The van der Waals surface area contributed by atoms with E-state index in [4.69, 9.17) is 11.6 Å². The molecule has 1 heterocycles. The number of rotatable bonds is 2. The number of nitrogens with one attached hydrogen (secondary N) is 2. The lowest BCUT2D eigenvalue weighted by atomic mass is 10.1. The average Bonchev–Trinajstić information content (AvgIpc) is 2.60. The number of hydrogen-bond donors (Lipinski definition) is 2. The van der Waals surface area contributed by atoms with Gasteiger partial charge in [-0.25, -0.2) is 0 Å². The van der Waals surface area contributed by atoms with Crippen molar-refractivity contribution in [3.8, 4) is 11.3 Å². The molecule has 0 fully saturated rings. The Morgan fingerprint density at radius 1 is 1.17 bits per heavy atom. The molecule has 3 nitrogen and oxygen atoms in total. The van der Waals surface area contributed by atoms with Gasteiger partial charge in [-0.3, -0.25) is 5.10 Å². The minimum Gasteiger partial charge on any atom is -0.364 e. The summed E-state index contributed by atoms with van der Waals surface area (Å²) in [4.78, 5) is 0. The normalized spacial score (nSPS) is 11.6. The smallest absolute Gasteiger partial charge is 0.151 e. The zero-order chi connectivity index (χ0) is 13.3. The summed E-state index contributed by atoms with van der Waals surface area (Å²) in [5.41, 5.74) is 3.23. The monoisotopic (exact) mass is 263 g/mol. The number of nitrogens with zero attached hydrogens (tertiary/aromatic N) is 1. The lowest BCUT2D eigenvalue weighted by Gasteiger charge is -2.20. The molecular weight excluding hydrogens is 246 g/mol. The summed E-state index contributed by atoms with van der Waals surface area (Å²) in [5.74, 6) is 0.896. The maximum atomic E-state index is 5.89. The van der Waals surface area contributed by atoms with Gasteiger partial charge in [0.15, 0.2) is 5.82 Å². The third kappa shape index (κ3) is 2.85. The molecule has 0 bridgehead atoms. The molecule has 0 saturated heterocycles. The van der Waals surface area contributed by atoms with Crippen LogP contribution >= 0.6 is 11.6 Å². The van der Waals surface area contributed by atoms with Gasteiger partial charge in [0.1, 0.15) is 0 Å². The van der Waals surface area contributed by atoms with E-state index in [0.29, 0.717) is 0 Å². The predicted octanol–water partition coefficient (Wildman–Crippen LogP) is 4.25. The highest BCUT2D eigenvalue weighted by molar-refractivity contribution is 6.30. The van der Waals surface area contributed by atoms with Crippen LogP contribution in [-0.2, 0) is 0 Å². The van der Waals surface area contributed by atoms with Crippen LogP contribution in [0.25, 0.3) is 11.3 Å². The second-order valence-corrected chi connectivity index (χ2v) is 5.89. The molecule has 1 aromatic heterocycles. The molecule has 2 N–H and O–H groups in total. The van der Waals surface area contributed by atoms with E-state index in [2.05, 4.69) is 43.2 Å². The van der Waals surface area contributed by atoms with E-state index in [1.807, 2.05) is 24.3 Å². The van der Waals surface area contributed by atoms with Gasteiger partial charge in [0.2, 0.25) is 0 Å². The second-order valence-electron chi connectivity index (χ2n) is 5.45. The molecule has 2 rings (SSSR count). The van der Waals surface area contributed by atoms with Crippen LogP contribution in [0, 0.1) is 6.92 Å². The second kappa shape index (κ2) is 4.65. The van der Waals surface area contributed by atoms with Crippen molar-refractivity contribution in [2.75, 3.05) is 5.32 Å². The summed E-state index contributed by atoms with van der Waals surface area (Å²) >= 11 is 5.89. The van der Waals surface area contributed by atoms with Gasteiger partial charge >= 0.3 is 0 Å². The maximum absolute atomic E-state index is 5.89. The van der Waals surface area contributed by atoms with Crippen LogP contribution in [0.3, 0.4) is 0 Å². The Morgan fingerprint density at radius 3 is 2.33 bits per heavy atom. The molecule has 0 aliphatic heterocycles. The molecule has 0 saturated carbocycles. The van der Waals surface area contributed by atoms with Crippen LogP contribution < -0.4 is 5.32 Å². The molecule has 0 spiro atoms. The lowest BCUT2D eigenvalue weighted by Crippen LogP contribution is -2.26. The van der Waals surface area contributed by atoms with Crippen molar-refractivity contribution >= 4 is 17.4 Å². The Balaban J connectivity index is 2.33. The topological polar surface area (TPSA) is 40.7 Å². The van der Waals surface area contributed by atoms with Crippen molar-refractivity contribution in [2.45, 2.75) is 33.2 Å². The fourth-order valence-corrected chi connectivity index (χ4v) is 1.90. The number of H-pyrrole nitrogens is 1. The SMILES string of the molecule is Cc1c(NC(C)(C)C)n[nH]c1-c1ccc(Cl)cc1. The van der Waals surface area contributed by atoms with Gasteiger partial charge in [-0.15, -0.1) is 0 Å². The van der Waals surface area contributed by atoms with Gasteiger partial charge < -0.3 is 5.32 Å². The van der Waals surface area contributed by atoms with Crippen LogP contribution in [0.4, 0.5) is 5.82 Å². The number of anilines is 1. The van der Waals surface area contributed by atoms with Gasteiger partial charge in [-0.1, -0.05) is 23.7 Å². The average molecular weight is 264 g/mol. The van der Waals surface area contributed by atoms with Crippen LogP contribution in [0.2, 0.25) is 5.02 Å². The molecule has 96 valence electrons. The van der Waals surface area contributed by atoms with Gasteiger partial charge in [0.05, 0.1) is 5.69 Å². The number of hydrogen-bond acceptors (Lipinski definition) is 2. The molecule has 0 radical (unpaired) electrons. The van der Waals surface area contributed by atoms with E-state index in [1.165, 1.54) is 0 Å².